The average Bonchev–Trinajstić information content (AvgIpc) is 2.84. The van der Waals surface area contributed by atoms with Gasteiger partial charge in [-0.1, -0.05) is 58.3 Å². The summed E-state index contributed by atoms with van der Waals surface area (Å²) in [5, 5.41) is 0. The Morgan fingerprint density at radius 3 is 1.67 bits per heavy atom. The van der Waals surface area contributed by atoms with Gasteiger partial charge in [0.05, 0.1) is 13.2 Å². The molecule has 3 saturated carbocycles. The summed E-state index contributed by atoms with van der Waals surface area (Å²) < 4.78 is 36.5. The molecule has 3 aliphatic carbocycles. The number of ether oxygens (including phenoxy) is 2. The molecule has 4 heteroatoms. The van der Waals surface area contributed by atoms with Crippen molar-refractivity contribution in [3.63, 3.8) is 0 Å². The van der Waals surface area contributed by atoms with Crippen molar-refractivity contribution in [1.29, 1.82) is 0 Å². The predicted molar refractivity (Wildman–Crippen MR) is 130 cm³/mol. The highest BCUT2D eigenvalue weighted by molar-refractivity contribution is 4.85. The van der Waals surface area contributed by atoms with Crippen molar-refractivity contribution in [2.24, 2.45) is 41.4 Å². The topological polar surface area (TPSA) is 18.5 Å². The van der Waals surface area contributed by atoms with E-state index < -0.39 is 6.08 Å². The van der Waals surface area contributed by atoms with Gasteiger partial charge in [-0.25, -0.2) is 0 Å². The second-order valence-corrected chi connectivity index (χ2v) is 12.1. The Kier molecular flexibility index (Phi) is 10.1. The third-order valence-corrected chi connectivity index (χ3v) is 9.74. The molecule has 0 aromatic rings. The molecule has 1 saturated heterocycles. The SMILES string of the molecule is CC1CCC(CCC2CCC(C3CCC(C4OCC(CCC=C(F)F)CO4)CC3)CC2)CC1. The van der Waals surface area contributed by atoms with Gasteiger partial charge in [0.15, 0.2) is 6.29 Å². The lowest BCUT2D eigenvalue weighted by atomic mass is 9.68. The van der Waals surface area contributed by atoms with Gasteiger partial charge in [0.2, 0.25) is 0 Å². The summed E-state index contributed by atoms with van der Waals surface area (Å²) >= 11 is 0. The van der Waals surface area contributed by atoms with E-state index in [-0.39, 0.29) is 12.2 Å². The van der Waals surface area contributed by atoms with Crippen LogP contribution in [0.1, 0.15) is 110 Å². The largest absolute Gasteiger partial charge is 0.352 e. The van der Waals surface area contributed by atoms with Gasteiger partial charge in [-0.3, -0.25) is 0 Å². The zero-order valence-electron chi connectivity index (χ0n) is 21.0. The molecule has 190 valence electrons. The highest BCUT2D eigenvalue weighted by atomic mass is 19.3. The van der Waals surface area contributed by atoms with Crippen LogP contribution in [0.2, 0.25) is 0 Å². The number of halogens is 2. The second kappa shape index (κ2) is 13.0. The Morgan fingerprint density at radius 2 is 1.12 bits per heavy atom. The quantitative estimate of drug-likeness (QED) is 0.356. The minimum atomic E-state index is -1.58. The molecule has 2 nitrogen and oxygen atoms in total. The molecule has 0 aromatic heterocycles. The van der Waals surface area contributed by atoms with E-state index in [4.69, 9.17) is 9.47 Å². The van der Waals surface area contributed by atoms with E-state index in [1.807, 2.05) is 0 Å². The number of allylic oxidation sites excluding steroid dienone is 1. The molecule has 4 aliphatic rings. The molecule has 0 aromatic carbocycles. The molecule has 4 rings (SSSR count). The molecule has 0 atom stereocenters. The minimum Gasteiger partial charge on any atom is -0.352 e. The first-order valence-corrected chi connectivity index (χ1v) is 14.3. The van der Waals surface area contributed by atoms with Crippen molar-refractivity contribution in [3.05, 3.63) is 12.2 Å². The van der Waals surface area contributed by atoms with Crippen molar-refractivity contribution in [1.82, 2.24) is 0 Å². The second-order valence-electron chi connectivity index (χ2n) is 12.1. The van der Waals surface area contributed by atoms with E-state index in [1.54, 1.807) is 0 Å². The smallest absolute Gasteiger partial charge is 0.266 e. The molecular formula is C29H48F2O2. The molecule has 0 amide bonds. The summed E-state index contributed by atoms with van der Waals surface area (Å²) in [5.74, 6) is 5.67. The van der Waals surface area contributed by atoms with Crippen LogP contribution in [0, 0.1) is 41.4 Å². The van der Waals surface area contributed by atoms with Gasteiger partial charge in [-0.15, -0.1) is 0 Å². The van der Waals surface area contributed by atoms with Gasteiger partial charge in [0.25, 0.3) is 6.08 Å². The number of rotatable bonds is 8. The van der Waals surface area contributed by atoms with E-state index in [2.05, 4.69) is 6.92 Å². The Morgan fingerprint density at radius 1 is 0.636 bits per heavy atom. The van der Waals surface area contributed by atoms with E-state index in [9.17, 15) is 8.78 Å². The highest BCUT2D eigenvalue weighted by Crippen LogP contribution is 2.44. The third-order valence-electron chi connectivity index (χ3n) is 9.74. The summed E-state index contributed by atoms with van der Waals surface area (Å²) in [7, 11) is 0. The Bertz CT molecular complexity index is 572. The fourth-order valence-corrected chi connectivity index (χ4v) is 7.35. The molecule has 0 spiro atoms. The standard InChI is InChI=1S/C29H48F2O2/c1-21-5-7-22(8-6-21)9-10-23-11-13-25(14-12-23)26-15-17-27(18-16-26)29-32-19-24(20-33-29)3-2-4-28(30)31/h4,21-27,29H,2-3,5-20H2,1H3. The summed E-state index contributed by atoms with van der Waals surface area (Å²) in [4.78, 5) is 0. The van der Waals surface area contributed by atoms with Crippen LogP contribution >= 0.6 is 0 Å². The highest BCUT2D eigenvalue weighted by Gasteiger charge is 2.36. The van der Waals surface area contributed by atoms with Crippen LogP contribution < -0.4 is 0 Å². The van der Waals surface area contributed by atoms with Crippen LogP contribution in [0.3, 0.4) is 0 Å². The van der Waals surface area contributed by atoms with E-state index >= 15 is 0 Å². The summed E-state index contributed by atoms with van der Waals surface area (Å²) in [6, 6.07) is 0. The minimum absolute atomic E-state index is 0.0610. The zero-order valence-corrected chi connectivity index (χ0v) is 21.0. The molecule has 0 N–H and O–H groups in total. The van der Waals surface area contributed by atoms with Crippen molar-refractivity contribution < 1.29 is 18.3 Å². The lowest BCUT2D eigenvalue weighted by molar-refractivity contribution is -0.230. The van der Waals surface area contributed by atoms with Crippen molar-refractivity contribution in [2.45, 2.75) is 116 Å². The Hall–Kier alpha value is -0.480. The van der Waals surface area contributed by atoms with Crippen molar-refractivity contribution in [3.8, 4) is 0 Å². The summed E-state index contributed by atoms with van der Waals surface area (Å²) in [6.07, 6.45) is 20.5. The third kappa shape index (κ3) is 8.02. The van der Waals surface area contributed by atoms with Gasteiger partial charge >= 0.3 is 0 Å². The summed E-state index contributed by atoms with van der Waals surface area (Å²) in [5.41, 5.74) is 0. The van der Waals surface area contributed by atoms with Crippen LogP contribution in [0.5, 0.6) is 0 Å². The lowest BCUT2D eigenvalue weighted by Gasteiger charge is -2.41. The predicted octanol–water partition coefficient (Wildman–Crippen LogP) is 8.76. The van der Waals surface area contributed by atoms with Crippen LogP contribution in [0.15, 0.2) is 12.2 Å². The number of hydrogen-bond donors (Lipinski definition) is 0. The molecule has 0 radical (unpaired) electrons. The van der Waals surface area contributed by atoms with Gasteiger partial charge in [0, 0.05) is 11.8 Å². The van der Waals surface area contributed by atoms with Gasteiger partial charge < -0.3 is 9.47 Å². The maximum Gasteiger partial charge on any atom is 0.266 e. The molecule has 1 heterocycles. The van der Waals surface area contributed by atoms with Gasteiger partial charge in [-0.2, -0.15) is 8.78 Å². The van der Waals surface area contributed by atoms with E-state index in [1.165, 1.54) is 89.9 Å². The van der Waals surface area contributed by atoms with E-state index in [0.717, 1.165) is 42.1 Å². The van der Waals surface area contributed by atoms with E-state index in [0.29, 0.717) is 25.6 Å². The van der Waals surface area contributed by atoms with Crippen molar-refractivity contribution in [2.75, 3.05) is 13.2 Å². The van der Waals surface area contributed by atoms with Gasteiger partial charge in [-0.05, 0) is 87.0 Å². The molecule has 4 fully saturated rings. The average molecular weight is 467 g/mol. The first-order chi connectivity index (χ1) is 16.1. The zero-order chi connectivity index (χ0) is 23.0. The fourth-order valence-electron chi connectivity index (χ4n) is 7.35. The maximum absolute atomic E-state index is 12.2. The molecule has 0 bridgehead atoms. The van der Waals surface area contributed by atoms with Crippen LogP contribution in [0.25, 0.3) is 0 Å². The molecular weight excluding hydrogens is 418 g/mol. The summed E-state index contributed by atoms with van der Waals surface area (Å²) in [6.45, 7) is 3.75. The Labute approximate surface area is 201 Å². The normalized spacial score (nSPS) is 40.3. The number of hydrogen-bond acceptors (Lipinski definition) is 2. The molecule has 33 heavy (non-hydrogen) atoms. The maximum atomic E-state index is 12.2. The van der Waals surface area contributed by atoms with Crippen LogP contribution in [-0.4, -0.2) is 19.5 Å². The lowest BCUT2D eigenvalue weighted by Crippen LogP contribution is -2.39. The molecule has 0 unspecified atom stereocenters. The first kappa shape index (κ1) is 25.6. The fraction of sp³-hybridized carbons (Fsp3) is 0.931. The van der Waals surface area contributed by atoms with Gasteiger partial charge in [0.1, 0.15) is 0 Å². The monoisotopic (exact) mass is 466 g/mol. The van der Waals surface area contributed by atoms with Crippen LogP contribution in [-0.2, 0) is 9.47 Å². The van der Waals surface area contributed by atoms with Crippen molar-refractivity contribution >= 4 is 0 Å². The Balaban J connectivity index is 1.08. The van der Waals surface area contributed by atoms with Crippen LogP contribution in [0.4, 0.5) is 8.78 Å². The first-order valence-electron chi connectivity index (χ1n) is 14.3. The molecule has 1 aliphatic heterocycles.